The number of hydrogen-bond acceptors (Lipinski definition) is 4. The van der Waals surface area contributed by atoms with E-state index in [9.17, 15) is 0 Å². The number of nitrogens with zero attached hydrogens (tertiary/aromatic N) is 2. The van der Waals surface area contributed by atoms with Crippen LogP contribution in [0.5, 0.6) is 0 Å². The molecule has 0 aromatic carbocycles. The van der Waals surface area contributed by atoms with Gasteiger partial charge in [-0.15, -0.1) is 11.3 Å². The van der Waals surface area contributed by atoms with E-state index in [2.05, 4.69) is 29.2 Å². The Labute approximate surface area is 95.5 Å². The average molecular weight is 225 g/mol. The summed E-state index contributed by atoms with van der Waals surface area (Å²) in [5, 5.41) is 4.37. The van der Waals surface area contributed by atoms with Crippen molar-refractivity contribution in [3.05, 3.63) is 10.6 Å². The number of aryl methyl sites for hydroxylation is 1. The van der Waals surface area contributed by atoms with Crippen LogP contribution in [-0.4, -0.2) is 25.1 Å². The molecule has 1 N–H and O–H groups in total. The molecule has 1 aliphatic carbocycles. The first kappa shape index (κ1) is 10.9. The molecule has 1 aliphatic rings. The predicted molar refractivity (Wildman–Crippen MR) is 65.7 cm³/mol. The fourth-order valence-corrected chi connectivity index (χ4v) is 2.92. The van der Waals surface area contributed by atoms with Crippen LogP contribution in [-0.2, 0) is 6.54 Å². The Morgan fingerprint density at radius 2 is 2.27 bits per heavy atom. The van der Waals surface area contributed by atoms with Crippen LogP contribution < -0.4 is 10.2 Å². The maximum Gasteiger partial charge on any atom is 0.185 e. The fourth-order valence-electron chi connectivity index (χ4n) is 1.82. The van der Waals surface area contributed by atoms with Crippen molar-refractivity contribution in [1.82, 2.24) is 10.3 Å². The Kier molecular flexibility index (Phi) is 3.26. The molecule has 2 rings (SSSR count). The maximum absolute atomic E-state index is 4.64. The third-order valence-electron chi connectivity index (χ3n) is 3.14. The number of anilines is 1. The average Bonchev–Trinajstić information content (AvgIpc) is 2.46. The highest BCUT2D eigenvalue weighted by Crippen LogP contribution is 2.32. The van der Waals surface area contributed by atoms with Crippen molar-refractivity contribution in [2.45, 2.75) is 38.8 Å². The van der Waals surface area contributed by atoms with Gasteiger partial charge in [-0.05, 0) is 33.2 Å². The van der Waals surface area contributed by atoms with Gasteiger partial charge in [0.25, 0.3) is 0 Å². The van der Waals surface area contributed by atoms with Gasteiger partial charge in [-0.25, -0.2) is 4.98 Å². The van der Waals surface area contributed by atoms with Crippen LogP contribution in [0.15, 0.2) is 0 Å². The molecular weight excluding hydrogens is 206 g/mol. The topological polar surface area (TPSA) is 28.2 Å². The van der Waals surface area contributed by atoms with Crippen molar-refractivity contribution < 1.29 is 0 Å². The minimum Gasteiger partial charge on any atom is -0.348 e. The highest BCUT2D eigenvalue weighted by Gasteiger charge is 2.24. The zero-order valence-electron chi connectivity index (χ0n) is 9.71. The van der Waals surface area contributed by atoms with Crippen LogP contribution in [0.2, 0.25) is 0 Å². The number of thiazole rings is 1. The molecule has 1 saturated carbocycles. The second kappa shape index (κ2) is 4.49. The lowest BCUT2D eigenvalue weighted by Gasteiger charge is -2.34. The zero-order chi connectivity index (χ0) is 10.8. The second-order valence-electron chi connectivity index (χ2n) is 4.23. The van der Waals surface area contributed by atoms with E-state index < -0.39 is 0 Å². The lowest BCUT2D eigenvalue weighted by molar-refractivity contribution is 0.401. The smallest absolute Gasteiger partial charge is 0.185 e. The summed E-state index contributed by atoms with van der Waals surface area (Å²) in [4.78, 5) is 8.34. The SMILES string of the molecule is CNCc1sc(N(C)C2CCC2)nc1C. The van der Waals surface area contributed by atoms with Crippen molar-refractivity contribution >= 4 is 16.5 Å². The monoisotopic (exact) mass is 225 g/mol. The summed E-state index contributed by atoms with van der Waals surface area (Å²) in [6.07, 6.45) is 4.04. The van der Waals surface area contributed by atoms with Crippen molar-refractivity contribution in [2.75, 3.05) is 19.0 Å². The molecule has 0 bridgehead atoms. The molecule has 15 heavy (non-hydrogen) atoms. The highest BCUT2D eigenvalue weighted by atomic mass is 32.1. The van der Waals surface area contributed by atoms with Crippen molar-refractivity contribution in [2.24, 2.45) is 0 Å². The third-order valence-corrected chi connectivity index (χ3v) is 4.39. The maximum atomic E-state index is 4.64. The first-order valence-electron chi connectivity index (χ1n) is 5.56. The molecule has 1 fully saturated rings. The van der Waals surface area contributed by atoms with Gasteiger partial charge in [-0.2, -0.15) is 0 Å². The van der Waals surface area contributed by atoms with E-state index >= 15 is 0 Å². The van der Waals surface area contributed by atoms with Gasteiger partial charge < -0.3 is 10.2 Å². The van der Waals surface area contributed by atoms with E-state index in [1.807, 2.05) is 18.4 Å². The number of aromatic nitrogens is 1. The molecule has 0 amide bonds. The van der Waals surface area contributed by atoms with E-state index in [4.69, 9.17) is 0 Å². The van der Waals surface area contributed by atoms with E-state index in [0.29, 0.717) is 0 Å². The van der Waals surface area contributed by atoms with Crippen LogP contribution in [0.1, 0.15) is 29.8 Å². The molecule has 3 nitrogen and oxygen atoms in total. The molecule has 0 radical (unpaired) electrons. The van der Waals surface area contributed by atoms with Crippen LogP contribution in [0.3, 0.4) is 0 Å². The molecule has 4 heteroatoms. The minimum absolute atomic E-state index is 0.734. The van der Waals surface area contributed by atoms with E-state index in [-0.39, 0.29) is 0 Å². The van der Waals surface area contributed by atoms with Gasteiger partial charge in [-0.3, -0.25) is 0 Å². The number of rotatable bonds is 4. The highest BCUT2D eigenvalue weighted by molar-refractivity contribution is 7.15. The first-order chi connectivity index (χ1) is 7.22. The zero-order valence-corrected chi connectivity index (χ0v) is 10.5. The molecule has 0 atom stereocenters. The lowest BCUT2D eigenvalue weighted by Crippen LogP contribution is -2.36. The van der Waals surface area contributed by atoms with Crippen molar-refractivity contribution in [3.63, 3.8) is 0 Å². The quantitative estimate of drug-likeness (QED) is 0.851. The molecule has 0 unspecified atom stereocenters. The number of hydrogen-bond donors (Lipinski definition) is 1. The van der Waals surface area contributed by atoms with Crippen molar-refractivity contribution in [3.8, 4) is 0 Å². The normalized spacial score (nSPS) is 16.5. The van der Waals surface area contributed by atoms with E-state index in [1.54, 1.807) is 0 Å². The van der Waals surface area contributed by atoms with Gasteiger partial charge in [-0.1, -0.05) is 0 Å². The van der Waals surface area contributed by atoms with Crippen molar-refractivity contribution in [1.29, 1.82) is 0 Å². The minimum atomic E-state index is 0.734. The van der Waals surface area contributed by atoms with Gasteiger partial charge in [0.05, 0.1) is 5.69 Å². The summed E-state index contributed by atoms with van der Waals surface area (Å²) in [6, 6.07) is 0.734. The van der Waals surface area contributed by atoms with Crippen LogP contribution in [0.25, 0.3) is 0 Å². The summed E-state index contributed by atoms with van der Waals surface area (Å²) >= 11 is 1.82. The van der Waals surface area contributed by atoms with Gasteiger partial charge >= 0.3 is 0 Å². The summed E-state index contributed by atoms with van der Waals surface area (Å²) in [7, 11) is 4.15. The third kappa shape index (κ3) is 2.16. The summed E-state index contributed by atoms with van der Waals surface area (Å²) in [6.45, 7) is 3.03. The number of nitrogens with one attached hydrogen (secondary N) is 1. The Hall–Kier alpha value is -0.610. The molecule has 0 aliphatic heterocycles. The van der Waals surface area contributed by atoms with Crippen LogP contribution >= 0.6 is 11.3 Å². The van der Waals surface area contributed by atoms with Gasteiger partial charge in [0, 0.05) is 24.5 Å². The summed E-state index contributed by atoms with van der Waals surface area (Å²) in [5.41, 5.74) is 1.18. The summed E-state index contributed by atoms with van der Waals surface area (Å²) in [5.74, 6) is 0. The van der Waals surface area contributed by atoms with Gasteiger partial charge in [0.2, 0.25) is 0 Å². The predicted octanol–water partition coefficient (Wildman–Crippen LogP) is 2.16. The standard InChI is InChI=1S/C11H19N3S/c1-8-10(7-12-2)15-11(13-8)14(3)9-5-4-6-9/h9,12H,4-7H2,1-3H3. The molecular formula is C11H19N3S. The van der Waals surface area contributed by atoms with Crippen LogP contribution in [0.4, 0.5) is 5.13 Å². The molecule has 0 spiro atoms. The largest absolute Gasteiger partial charge is 0.348 e. The Morgan fingerprint density at radius 1 is 1.53 bits per heavy atom. The molecule has 1 aromatic rings. The van der Waals surface area contributed by atoms with Gasteiger partial charge in [0.15, 0.2) is 5.13 Å². The first-order valence-corrected chi connectivity index (χ1v) is 6.37. The summed E-state index contributed by atoms with van der Waals surface area (Å²) < 4.78 is 0. The fraction of sp³-hybridized carbons (Fsp3) is 0.727. The molecule has 0 saturated heterocycles. The van der Waals surface area contributed by atoms with E-state index in [1.165, 1.54) is 35.0 Å². The lowest BCUT2D eigenvalue weighted by atomic mass is 9.92. The Balaban J connectivity index is 2.10. The molecule has 84 valence electrons. The van der Waals surface area contributed by atoms with Gasteiger partial charge in [0.1, 0.15) is 0 Å². The Morgan fingerprint density at radius 3 is 2.80 bits per heavy atom. The molecule has 1 aromatic heterocycles. The van der Waals surface area contributed by atoms with E-state index in [0.717, 1.165) is 12.6 Å². The molecule has 1 heterocycles. The van der Waals surface area contributed by atoms with Crippen LogP contribution in [0, 0.1) is 6.92 Å². The second-order valence-corrected chi connectivity index (χ2v) is 5.29. The Bertz CT molecular complexity index is 331.